The molecule has 0 aliphatic heterocycles. The van der Waals surface area contributed by atoms with E-state index in [-0.39, 0.29) is 0 Å². The third-order valence-corrected chi connectivity index (χ3v) is 12.4. The Bertz CT molecular complexity index is 3880. The maximum absolute atomic E-state index is 6.51. The van der Waals surface area contributed by atoms with E-state index in [0.29, 0.717) is 17.5 Å². The number of aromatic nitrogens is 4. The first kappa shape index (κ1) is 34.5. The number of benzene rings is 10. The van der Waals surface area contributed by atoms with Crippen LogP contribution in [0.2, 0.25) is 0 Å². The molecule has 0 bridgehead atoms. The Kier molecular flexibility index (Phi) is 7.54. The highest BCUT2D eigenvalue weighted by Gasteiger charge is 2.20. The minimum Gasteiger partial charge on any atom is -0.455 e. The summed E-state index contributed by atoms with van der Waals surface area (Å²) in [6.45, 7) is 0. The van der Waals surface area contributed by atoms with Crippen molar-refractivity contribution in [3.05, 3.63) is 206 Å². The second kappa shape index (κ2) is 13.6. The van der Waals surface area contributed by atoms with Crippen molar-refractivity contribution in [1.29, 1.82) is 0 Å². The van der Waals surface area contributed by atoms with Crippen molar-refractivity contribution in [2.24, 2.45) is 0 Å². The number of nitrogens with zero attached hydrogens (tertiary/aromatic N) is 4. The van der Waals surface area contributed by atoms with Gasteiger partial charge < -0.3 is 8.98 Å². The van der Waals surface area contributed by atoms with E-state index in [2.05, 4.69) is 180 Å². The van der Waals surface area contributed by atoms with Gasteiger partial charge in [0.25, 0.3) is 0 Å². The van der Waals surface area contributed by atoms with E-state index in [0.717, 1.165) is 77.2 Å². The molecule has 10 aromatic carbocycles. The van der Waals surface area contributed by atoms with E-state index >= 15 is 0 Å². The fraction of sp³-hybridized carbons (Fsp3) is 0. The second-order valence-electron chi connectivity index (χ2n) is 15.9. The summed E-state index contributed by atoms with van der Waals surface area (Å²) in [6.07, 6.45) is 0. The van der Waals surface area contributed by atoms with Crippen LogP contribution in [0.15, 0.2) is 211 Å². The maximum Gasteiger partial charge on any atom is 0.167 e. The van der Waals surface area contributed by atoms with Gasteiger partial charge in [0, 0.05) is 38.4 Å². The highest BCUT2D eigenvalue weighted by molar-refractivity contribution is 6.25. The lowest BCUT2D eigenvalue weighted by atomic mass is 9.94. The van der Waals surface area contributed by atoms with Crippen LogP contribution in [0.5, 0.6) is 0 Å². The average Bonchev–Trinajstić information content (AvgIpc) is 3.90. The Morgan fingerprint density at radius 2 is 0.839 bits per heavy atom. The van der Waals surface area contributed by atoms with Gasteiger partial charge in [-0.2, -0.15) is 0 Å². The summed E-state index contributed by atoms with van der Waals surface area (Å²) in [5.74, 6) is 1.74. The smallest absolute Gasteiger partial charge is 0.167 e. The zero-order valence-electron chi connectivity index (χ0n) is 33.3. The zero-order valence-corrected chi connectivity index (χ0v) is 33.3. The molecule has 0 aliphatic carbocycles. The van der Waals surface area contributed by atoms with Gasteiger partial charge >= 0.3 is 0 Å². The van der Waals surface area contributed by atoms with Crippen LogP contribution in [-0.4, -0.2) is 19.5 Å². The monoisotopic (exact) mass is 790 g/mol. The Balaban J connectivity index is 1.01. The Hall–Kier alpha value is -8.41. The summed E-state index contributed by atoms with van der Waals surface area (Å²) >= 11 is 0. The lowest BCUT2D eigenvalue weighted by Crippen LogP contribution is -2.00. The van der Waals surface area contributed by atoms with Gasteiger partial charge in [0.2, 0.25) is 0 Å². The molecule has 0 N–H and O–H groups in total. The molecule has 0 atom stereocenters. The van der Waals surface area contributed by atoms with Crippen LogP contribution in [0.4, 0.5) is 0 Å². The molecule has 288 valence electrons. The molecule has 5 nitrogen and oxygen atoms in total. The van der Waals surface area contributed by atoms with Crippen molar-refractivity contribution in [1.82, 2.24) is 19.5 Å². The van der Waals surface area contributed by atoms with Gasteiger partial charge in [-0.25, -0.2) is 15.0 Å². The van der Waals surface area contributed by atoms with E-state index in [1.807, 2.05) is 30.3 Å². The summed E-state index contributed by atoms with van der Waals surface area (Å²) in [5, 5.41) is 11.9. The van der Waals surface area contributed by atoms with Crippen LogP contribution < -0.4 is 0 Å². The minimum absolute atomic E-state index is 0.556. The van der Waals surface area contributed by atoms with Crippen LogP contribution in [0, 0.1) is 0 Å². The molecular weight excluding hydrogens is 757 g/mol. The van der Waals surface area contributed by atoms with Gasteiger partial charge in [-0.05, 0) is 92.0 Å². The molecule has 13 aromatic rings. The van der Waals surface area contributed by atoms with Gasteiger partial charge in [-0.1, -0.05) is 158 Å². The molecular formula is C57H34N4O. The van der Waals surface area contributed by atoms with Crippen molar-refractivity contribution >= 4 is 76.1 Å². The summed E-state index contributed by atoms with van der Waals surface area (Å²) in [4.78, 5) is 15.6. The predicted molar refractivity (Wildman–Crippen MR) is 256 cm³/mol. The third kappa shape index (κ3) is 5.32. The maximum atomic E-state index is 6.51. The second-order valence-corrected chi connectivity index (χ2v) is 15.9. The first-order valence-corrected chi connectivity index (χ1v) is 20.9. The molecule has 0 radical (unpaired) electrons. The van der Waals surface area contributed by atoms with E-state index < -0.39 is 0 Å². The number of hydrogen-bond acceptors (Lipinski definition) is 4. The van der Waals surface area contributed by atoms with Crippen molar-refractivity contribution in [2.75, 3.05) is 0 Å². The third-order valence-electron chi connectivity index (χ3n) is 12.4. The number of rotatable bonds is 5. The molecule has 13 rings (SSSR count). The fourth-order valence-corrected chi connectivity index (χ4v) is 9.55. The summed E-state index contributed by atoms with van der Waals surface area (Å²) < 4.78 is 8.90. The molecule has 0 saturated carbocycles. The summed E-state index contributed by atoms with van der Waals surface area (Å²) in [5.41, 5.74) is 9.85. The van der Waals surface area contributed by atoms with Crippen LogP contribution in [-0.2, 0) is 0 Å². The first-order chi connectivity index (χ1) is 30.7. The van der Waals surface area contributed by atoms with Gasteiger partial charge in [0.05, 0.1) is 16.6 Å². The molecule has 0 saturated heterocycles. The van der Waals surface area contributed by atoms with E-state index in [9.17, 15) is 0 Å². The molecule has 3 heterocycles. The Morgan fingerprint density at radius 3 is 1.60 bits per heavy atom. The molecule has 0 aliphatic rings. The number of hydrogen-bond donors (Lipinski definition) is 0. The van der Waals surface area contributed by atoms with Crippen molar-refractivity contribution in [3.63, 3.8) is 0 Å². The molecule has 0 amide bonds. The van der Waals surface area contributed by atoms with Crippen molar-refractivity contribution in [2.45, 2.75) is 0 Å². The highest BCUT2D eigenvalue weighted by Crippen LogP contribution is 2.40. The molecule has 0 spiro atoms. The minimum atomic E-state index is 0.556. The number of furan rings is 1. The number of para-hydroxylation sites is 3. The summed E-state index contributed by atoms with van der Waals surface area (Å²) in [7, 11) is 0. The van der Waals surface area contributed by atoms with E-state index in [4.69, 9.17) is 19.4 Å². The highest BCUT2D eigenvalue weighted by atomic mass is 16.3. The van der Waals surface area contributed by atoms with E-state index in [1.165, 1.54) is 32.3 Å². The van der Waals surface area contributed by atoms with Crippen LogP contribution in [0.3, 0.4) is 0 Å². The predicted octanol–water partition coefficient (Wildman–Crippen LogP) is 15.0. The Morgan fingerprint density at radius 1 is 0.306 bits per heavy atom. The quantitative estimate of drug-likeness (QED) is 0.163. The van der Waals surface area contributed by atoms with Gasteiger partial charge in [0.15, 0.2) is 17.5 Å². The normalized spacial score (nSPS) is 11.9. The van der Waals surface area contributed by atoms with Gasteiger partial charge in [-0.3, -0.25) is 0 Å². The topological polar surface area (TPSA) is 56.7 Å². The van der Waals surface area contributed by atoms with E-state index in [1.54, 1.807) is 0 Å². The standard InChI is InChI=1S/C57H34N4O/c1-2-13-35(14-3-1)36-25-27-37(28-26-36)55-58-56(60-57(59-55)48-22-12-21-47-46-20-9-11-24-53(46)62-54(47)48)38-29-32-52-50(33-38)45-19-8-10-23-51(45)61(52)39-30-31-44-42-17-5-4-15-40(42)41-16-6-7-18-43(41)49(44)34-39/h1-34H. The molecule has 5 heteroatoms. The van der Waals surface area contributed by atoms with Crippen molar-refractivity contribution in [3.8, 4) is 51.0 Å². The fourth-order valence-electron chi connectivity index (χ4n) is 9.55. The Labute approximate surface area is 355 Å². The summed E-state index contributed by atoms with van der Waals surface area (Å²) in [6, 6.07) is 72.8. The molecule has 0 fully saturated rings. The largest absolute Gasteiger partial charge is 0.455 e. The molecule has 3 aromatic heterocycles. The lowest BCUT2D eigenvalue weighted by Gasteiger charge is -2.14. The van der Waals surface area contributed by atoms with Gasteiger partial charge in [0.1, 0.15) is 11.2 Å². The zero-order chi connectivity index (χ0) is 40.7. The average molecular weight is 791 g/mol. The molecule has 62 heavy (non-hydrogen) atoms. The van der Waals surface area contributed by atoms with Crippen LogP contribution >= 0.6 is 0 Å². The first-order valence-electron chi connectivity index (χ1n) is 20.9. The SMILES string of the molecule is c1ccc(-c2ccc(-c3nc(-c4ccc5c(c4)c4ccccc4n5-c4ccc5c6ccccc6c6ccccc6c5c4)nc(-c4cccc5c4oc4ccccc45)n3)cc2)cc1. The lowest BCUT2D eigenvalue weighted by molar-refractivity contribution is 0.669. The van der Waals surface area contributed by atoms with Crippen LogP contribution in [0.1, 0.15) is 0 Å². The van der Waals surface area contributed by atoms with Crippen LogP contribution in [0.25, 0.3) is 127 Å². The number of fused-ring (bicyclic) bond motifs is 12. The van der Waals surface area contributed by atoms with Crippen molar-refractivity contribution < 1.29 is 4.42 Å². The molecule has 0 unspecified atom stereocenters. The van der Waals surface area contributed by atoms with Gasteiger partial charge in [-0.15, -0.1) is 0 Å².